The molecule has 0 N–H and O–H groups in total. The molecule has 1 heterocycles. The molecule has 0 atom stereocenters. The van der Waals surface area contributed by atoms with E-state index in [4.69, 9.17) is 16.0 Å². The third-order valence-electron chi connectivity index (χ3n) is 4.77. The lowest BCUT2D eigenvalue weighted by Gasteiger charge is -2.05. The van der Waals surface area contributed by atoms with Gasteiger partial charge in [0.1, 0.15) is 11.2 Å². The highest BCUT2D eigenvalue weighted by Gasteiger charge is 2.14. The highest BCUT2D eigenvalue weighted by molar-refractivity contribution is 6.37. The molecule has 26 heavy (non-hydrogen) atoms. The van der Waals surface area contributed by atoms with Crippen LogP contribution >= 0.6 is 11.6 Å². The zero-order chi connectivity index (χ0) is 17.5. The molecule has 0 aliphatic rings. The number of fused-ring (bicyclic) bond motifs is 3. The minimum Gasteiger partial charge on any atom is -0.455 e. The number of hydrogen-bond donors (Lipinski definition) is 0. The van der Waals surface area contributed by atoms with Crippen molar-refractivity contribution in [2.45, 2.75) is 0 Å². The third kappa shape index (κ3) is 2.40. The molecule has 0 aliphatic carbocycles. The summed E-state index contributed by atoms with van der Waals surface area (Å²) in [5, 5.41) is 2.75. The van der Waals surface area contributed by atoms with Gasteiger partial charge in [0.15, 0.2) is 0 Å². The van der Waals surface area contributed by atoms with Gasteiger partial charge in [-0.25, -0.2) is 0 Å². The Hall–Kier alpha value is -3.03. The topological polar surface area (TPSA) is 13.1 Å². The molecule has 0 unspecified atom stereocenters. The molecule has 0 spiro atoms. The first-order valence-corrected chi connectivity index (χ1v) is 8.95. The summed E-state index contributed by atoms with van der Waals surface area (Å²) >= 11 is 6.40. The quantitative estimate of drug-likeness (QED) is 0.318. The van der Waals surface area contributed by atoms with Crippen LogP contribution in [0.1, 0.15) is 0 Å². The second kappa shape index (κ2) is 6.05. The van der Waals surface area contributed by atoms with Crippen molar-refractivity contribution in [2.24, 2.45) is 0 Å². The summed E-state index contributed by atoms with van der Waals surface area (Å²) in [5.74, 6) is 0. The predicted molar refractivity (Wildman–Crippen MR) is 110 cm³/mol. The molecular formula is C24H15ClO. The third-order valence-corrected chi connectivity index (χ3v) is 5.09. The average Bonchev–Trinajstić information content (AvgIpc) is 3.09. The molecule has 0 fully saturated rings. The van der Waals surface area contributed by atoms with E-state index in [1.807, 2.05) is 24.3 Å². The van der Waals surface area contributed by atoms with E-state index < -0.39 is 0 Å². The molecule has 0 saturated heterocycles. The van der Waals surface area contributed by atoms with Crippen molar-refractivity contribution in [3.05, 3.63) is 96.0 Å². The summed E-state index contributed by atoms with van der Waals surface area (Å²) in [6, 6.07) is 31.0. The van der Waals surface area contributed by atoms with Crippen molar-refractivity contribution in [1.82, 2.24) is 0 Å². The second-order valence-electron chi connectivity index (χ2n) is 6.34. The molecule has 5 aromatic rings. The number of para-hydroxylation sites is 1. The lowest BCUT2D eigenvalue weighted by Crippen LogP contribution is -1.81. The van der Waals surface area contributed by atoms with Crippen LogP contribution in [0.25, 0.3) is 44.2 Å². The Morgan fingerprint density at radius 2 is 1.27 bits per heavy atom. The molecule has 0 bridgehead atoms. The monoisotopic (exact) mass is 354 g/mol. The van der Waals surface area contributed by atoms with Crippen LogP contribution in [0.15, 0.2) is 95.4 Å². The summed E-state index contributed by atoms with van der Waals surface area (Å²) < 4.78 is 6.15. The van der Waals surface area contributed by atoms with Gasteiger partial charge in [0.2, 0.25) is 0 Å². The van der Waals surface area contributed by atoms with Gasteiger partial charge in [0.05, 0.1) is 5.02 Å². The average molecular weight is 355 g/mol. The Balaban J connectivity index is 1.67. The van der Waals surface area contributed by atoms with Crippen LogP contribution in [-0.2, 0) is 0 Å². The summed E-state index contributed by atoms with van der Waals surface area (Å²) in [4.78, 5) is 0. The van der Waals surface area contributed by atoms with Gasteiger partial charge < -0.3 is 4.42 Å². The number of halogens is 1. The van der Waals surface area contributed by atoms with Gasteiger partial charge in [0.25, 0.3) is 0 Å². The van der Waals surface area contributed by atoms with Crippen LogP contribution in [0.2, 0.25) is 5.02 Å². The largest absolute Gasteiger partial charge is 0.455 e. The van der Waals surface area contributed by atoms with Crippen molar-refractivity contribution in [1.29, 1.82) is 0 Å². The normalized spacial score (nSPS) is 11.3. The fourth-order valence-electron chi connectivity index (χ4n) is 3.50. The fourth-order valence-corrected chi connectivity index (χ4v) is 3.77. The van der Waals surface area contributed by atoms with E-state index in [0.717, 1.165) is 38.1 Å². The zero-order valence-corrected chi connectivity index (χ0v) is 14.7. The Labute approximate surface area is 156 Å². The van der Waals surface area contributed by atoms with Gasteiger partial charge in [-0.1, -0.05) is 90.5 Å². The number of furan rings is 1. The Morgan fingerprint density at radius 3 is 2.08 bits per heavy atom. The molecule has 2 heteroatoms. The van der Waals surface area contributed by atoms with Crippen LogP contribution in [-0.4, -0.2) is 0 Å². The first kappa shape index (κ1) is 15.2. The molecule has 5 rings (SSSR count). The summed E-state index contributed by atoms with van der Waals surface area (Å²) in [5.41, 5.74) is 6.32. The molecule has 1 aromatic heterocycles. The van der Waals surface area contributed by atoms with Crippen LogP contribution in [0.5, 0.6) is 0 Å². The van der Waals surface area contributed by atoms with E-state index in [0.29, 0.717) is 0 Å². The lowest BCUT2D eigenvalue weighted by atomic mass is 9.99. The van der Waals surface area contributed by atoms with Gasteiger partial charge in [-0.3, -0.25) is 0 Å². The molecule has 0 amide bonds. The van der Waals surface area contributed by atoms with Crippen molar-refractivity contribution < 1.29 is 4.42 Å². The van der Waals surface area contributed by atoms with Crippen molar-refractivity contribution >= 4 is 33.5 Å². The van der Waals surface area contributed by atoms with E-state index in [-0.39, 0.29) is 0 Å². The Kier molecular flexibility index (Phi) is 3.55. The van der Waals surface area contributed by atoms with Gasteiger partial charge in [0, 0.05) is 16.3 Å². The van der Waals surface area contributed by atoms with E-state index in [9.17, 15) is 0 Å². The minimum atomic E-state index is 0.720. The first-order chi connectivity index (χ1) is 12.8. The minimum absolute atomic E-state index is 0.720. The molecule has 1 nitrogen and oxygen atoms in total. The van der Waals surface area contributed by atoms with Crippen LogP contribution < -0.4 is 0 Å². The maximum absolute atomic E-state index is 6.40. The molecule has 0 saturated carbocycles. The fraction of sp³-hybridized carbons (Fsp3) is 0. The predicted octanol–water partition coefficient (Wildman–Crippen LogP) is 7.57. The smallest absolute Gasteiger partial charge is 0.143 e. The van der Waals surface area contributed by atoms with Crippen molar-refractivity contribution in [2.75, 3.05) is 0 Å². The second-order valence-corrected chi connectivity index (χ2v) is 6.75. The number of benzene rings is 4. The van der Waals surface area contributed by atoms with E-state index in [2.05, 4.69) is 66.7 Å². The van der Waals surface area contributed by atoms with Gasteiger partial charge in [-0.2, -0.15) is 0 Å². The molecule has 0 radical (unpaired) electrons. The SMILES string of the molecule is Clc1cccc2oc3c(-c4ccc(-c5ccccc5)cc4)cccc3c12. The van der Waals surface area contributed by atoms with Gasteiger partial charge in [-0.15, -0.1) is 0 Å². The van der Waals surface area contributed by atoms with E-state index >= 15 is 0 Å². The first-order valence-electron chi connectivity index (χ1n) is 8.57. The summed E-state index contributed by atoms with van der Waals surface area (Å²) in [7, 11) is 0. The standard InChI is InChI=1S/C24H15ClO/c25-21-10-5-11-22-23(21)20-9-4-8-19(24(20)26-22)18-14-12-17(13-15-18)16-6-2-1-3-7-16/h1-15H. The zero-order valence-electron chi connectivity index (χ0n) is 13.9. The molecule has 4 aromatic carbocycles. The van der Waals surface area contributed by atoms with Crippen LogP contribution in [0.3, 0.4) is 0 Å². The van der Waals surface area contributed by atoms with Crippen molar-refractivity contribution in [3.8, 4) is 22.3 Å². The van der Waals surface area contributed by atoms with Crippen LogP contribution in [0.4, 0.5) is 0 Å². The molecule has 0 aliphatic heterocycles. The highest BCUT2D eigenvalue weighted by Crippen LogP contribution is 2.38. The summed E-state index contributed by atoms with van der Waals surface area (Å²) in [6.45, 7) is 0. The summed E-state index contributed by atoms with van der Waals surface area (Å²) in [6.07, 6.45) is 0. The van der Waals surface area contributed by atoms with E-state index in [1.165, 1.54) is 11.1 Å². The van der Waals surface area contributed by atoms with Gasteiger partial charge in [-0.05, 0) is 28.8 Å². The number of hydrogen-bond acceptors (Lipinski definition) is 1. The maximum atomic E-state index is 6.40. The van der Waals surface area contributed by atoms with Gasteiger partial charge >= 0.3 is 0 Å². The lowest BCUT2D eigenvalue weighted by molar-refractivity contribution is 0.670. The number of rotatable bonds is 2. The molecular weight excluding hydrogens is 340 g/mol. The maximum Gasteiger partial charge on any atom is 0.143 e. The molecule has 124 valence electrons. The van der Waals surface area contributed by atoms with Crippen LogP contribution in [0, 0.1) is 0 Å². The van der Waals surface area contributed by atoms with Crippen molar-refractivity contribution in [3.63, 3.8) is 0 Å². The Bertz CT molecular complexity index is 1220. The highest BCUT2D eigenvalue weighted by atomic mass is 35.5. The Morgan fingerprint density at radius 1 is 0.577 bits per heavy atom. The van der Waals surface area contributed by atoms with E-state index in [1.54, 1.807) is 0 Å².